The molecule has 1 saturated heterocycles. The third kappa shape index (κ3) is 7.93. The summed E-state index contributed by atoms with van der Waals surface area (Å²) in [6, 6.07) is 6.19. The first kappa shape index (κ1) is 30.4. The molecule has 4 rings (SSSR count). The lowest BCUT2D eigenvalue weighted by molar-refractivity contribution is -0.134. The van der Waals surface area contributed by atoms with E-state index in [0.717, 1.165) is 80.1 Å². The van der Waals surface area contributed by atoms with Crippen molar-refractivity contribution in [3.8, 4) is 22.6 Å². The lowest BCUT2D eigenvalue weighted by Gasteiger charge is -2.35. The first-order valence-electron chi connectivity index (χ1n) is 14.2. The predicted octanol–water partition coefficient (Wildman–Crippen LogP) is 6.96. The highest BCUT2D eigenvalue weighted by atomic mass is 35.5. The largest absolute Gasteiger partial charge is 0.482 e. The van der Waals surface area contributed by atoms with E-state index in [2.05, 4.69) is 49.7 Å². The molecule has 1 aromatic heterocycles. The van der Waals surface area contributed by atoms with Gasteiger partial charge in [-0.15, -0.1) is 12.4 Å². The predicted molar refractivity (Wildman–Crippen MR) is 154 cm³/mol. The second kappa shape index (κ2) is 14.3. The van der Waals surface area contributed by atoms with Crippen molar-refractivity contribution in [1.29, 1.82) is 0 Å². The molecule has 0 bridgehead atoms. The second-order valence-electron chi connectivity index (χ2n) is 11.2. The summed E-state index contributed by atoms with van der Waals surface area (Å²) in [6.07, 6.45) is 12.0. The normalized spacial score (nSPS) is 16.9. The molecule has 0 saturated carbocycles. The van der Waals surface area contributed by atoms with Crippen LogP contribution in [0.1, 0.15) is 83.8 Å². The van der Waals surface area contributed by atoms with Crippen molar-refractivity contribution >= 4 is 18.4 Å². The van der Waals surface area contributed by atoms with Crippen molar-refractivity contribution in [1.82, 2.24) is 9.88 Å². The van der Waals surface area contributed by atoms with Crippen LogP contribution < -0.4 is 9.47 Å². The van der Waals surface area contributed by atoms with Crippen LogP contribution in [-0.2, 0) is 21.6 Å². The average molecular weight is 545 g/mol. The first-order chi connectivity index (χ1) is 17.9. The topological polar surface area (TPSA) is 60.9 Å². The third-order valence-electron chi connectivity index (χ3n) is 7.64. The molecule has 0 spiro atoms. The van der Waals surface area contributed by atoms with Crippen molar-refractivity contribution in [2.45, 2.75) is 84.7 Å². The van der Waals surface area contributed by atoms with Crippen molar-refractivity contribution < 1.29 is 19.0 Å². The van der Waals surface area contributed by atoms with Crippen LogP contribution in [0.4, 0.5) is 0 Å². The number of ether oxygens (including phenoxy) is 3. The summed E-state index contributed by atoms with van der Waals surface area (Å²) in [7, 11) is 0. The van der Waals surface area contributed by atoms with Gasteiger partial charge < -0.3 is 14.2 Å². The number of nitrogens with zero attached hydrogens (tertiary/aromatic N) is 2. The highest BCUT2D eigenvalue weighted by Gasteiger charge is 2.35. The Morgan fingerprint density at radius 3 is 2.71 bits per heavy atom. The standard InChI is InChI=1S/C31H44N2O4.ClH/c1-5-6-7-9-23(2)11-12-24-20-27(36-29(34)10-8-15-33-16-18-35-19-17-33)30-25-22-32-14-13-26(25)31(3,4)37-28(30)21-24;/h13-14,20-23H,5-12,15-19H2,1-4H3;1H. The molecule has 1 fully saturated rings. The summed E-state index contributed by atoms with van der Waals surface area (Å²) in [5.74, 6) is 1.83. The molecule has 210 valence electrons. The molecule has 2 aliphatic rings. The molecule has 1 unspecified atom stereocenters. The summed E-state index contributed by atoms with van der Waals surface area (Å²) < 4.78 is 18.0. The van der Waals surface area contributed by atoms with Crippen LogP contribution in [-0.4, -0.2) is 48.7 Å². The summed E-state index contributed by atoms with van der Waals surface area (Å²) >= 11 is 0. The van der Waals surface area contributed by atoms with Crippen LogP contribution in [0, 0.1) is 5.92 Å². The quantitative estimate of drug-likeness (QED) is 0.163. The number of hydrogen-bond donors (Lipinski definition) is 0. The van der Waals surface area contributed by atoms with Gasteiger partial charge in [0.2, 0.25) is 0 Å². The number of benzene rings is 1. The third-order valence-corrected chi connectivity index (χ3v) is 7.64. The number of aryl methyl sites for hydroxylation is 1. The Labute approximate surface area is 234 Å². The van der Waals surface area contributed by atoms with E-state index >= 15 is 0 Å². The second-order valence-corrected chi connectivity index (χ2v) is 11.2. The van der Waals surface area contributed by atoms with E-state index in [0.29, 0.717) is 18.1 Å². The van der Waals surface area contributed by atoms with Crippen molar-refractivity contribution in [2.75, 3.05) is 32.8 Å². The van der Waals surface area contributed by atoms with Crippen LogP contribution in [0.2, 0.25) is 0 Å². The van der Waals surface area contributed by atoms with Gasteiger partial charge >= 0.3 is 5.97 Å². The number of morpholine rings is 1. The van der Waals surface area contributed by atoms with Gasteiger partial charge in [-0.3, -0.25) is 14.7 Å². The Balaban J connectivity index is 0.00000400. The van der Waals surface area contributed by atoms with E-state index < -0.39 is 5.60 Å². The number of hydrogen-bond acceptors (Lipinski definition) is 6. The van der Waals surface area contributed by atoms with E-state index in [4.69, 9.17) is 14.2 Å². The minimum atomic E-state index is -0.489. The fourth-order valence-corrected chi connectivity index (χ4v) is 5.41. The zero-order valence-electron chi connectivity index (χ0n) is 23.6. The van der Waals surface area contributed by atoms with Crippen LogP contribution in [0.5, 0.6) is 11.5 Å². The van der Waals surface area contributed by atoms with E-state index in [9.17, 15) is 4.79 Å². The molecule has 38 heavy (non-hydrogen) atoms. The number of esters is 1. The molecule has 1 atom stereocenters. The number of pyridine rings is 1. The number of halogens is 1. The van der Waals surface area contributed by atoms with Crippen molar-refractivity contribution in [3.05, 3.63) is 41.7 Å². The van der Waals surface area contributed by atoms with E-state index in [1.807, 2.05) is 12.3 Å². The number of unbranched alkanes of at least 4 members (excludes halogenated alkanes) is 2. The minimum absolute atomic E-state index is 0. The van der Waals surface area contributed by atoms with Crippen LogP contribution in [0.3, 0.4) is 0 Å². The number of rotatable bonds is 12. The van der Waals surface area contributed by atoms with Gasteiger partial charge in [0.25, 0.3) is 0 Å². The first-order valence-corrected chi connectivity index (χ1v) is 14.2. The molecular weight excluding hydrogens is 500 g/mol. The molecule has 0 amide bonds. The Hall–Kier alpha value is -2.15. The molecule has 2 aromatic rings. The highest BCUT2D eigenvalue weighted by molar-refractivity contribution is 5.85. The zero-order chi connectivity index (χ0) is 26.3. The summed E-state index contributed by atoms with van der Waals surface area (Å²) in [4.78, 5) is 19.7. The van der Waals surface area contributed by atoms with Gasteiger partial charge in [0, 0.05) is 43.0 Å². The molecule has 0 radical (unpaired) electrons. The molecule has 1 aromatic carbocycles. The van der Waals surface area contributed by atoms with Gasteiger partial charge in [-0.2, -0.15) is 0 Å². The van der Waals surface area contributed by atoms with Gasteiger partial charge in [0.1, 0.15) is 17.1 Å². The van der Waals surface area contributed by atoms with Gasteiger partial charge in [0.05, 0.1) is 18.8 Å². The monoisotopic (exact) mass is 544 g/mol. The average Bonchev–Trinajstić information content (AvgIpc) is 2.88. The van der Waals surface area contributed by atoms with E-state index in [1.165, 1.54) is 25.7 Å². The minimum Gasteiger partial charge on any atom is -0.482 e. The number of carbonyl (C=O) groups excluding carboxylic acids is 1. The van der Waals surface area contributed by atoms with E-state index in [-0.39, 0.29) is 18.4 Å². The SMILES string of the molecule is CCCCCC(C)CCc1cc(OC(=O)CCCN2CCOCC2)c2c(c1)OC(C)(C)c1ccncc1-2.Cl. The maximum absolute atomic E-state index is 13.0. The summed E-state index contributed by atoms with van der Waals surface area (Å²) in [6.45, 7) is 13.0. The van der Waals surface area contributed by atoms with Gasteiger partial charge in [-0.1, -0.05) is 39.5 Å². The van der Waals surface area contributed by atoms with Gasteiger partial charge in [-0.05, 0) is 69.3 Å². The Morgan fingerprint density at radius 1 is 1.16 bits per heavy atom. The molecule has 3 heterocycles. The van der Waals surface area contributed by atoms with Gasteiger partial charge in [0.15, 0.2) is 0 Å². The molecule has 2 aliphatic heterocycles. The highest BCUT2D eigenvalue weighted by Crippen LogP contribution is 2.49. The van der Waals surface area contributed by atoms with Crippen LogP contribution in [0.25, 0.3) is 11.1 Å². The number of aromatic nitrogens is 1. The van der Waals surface area contributed by atoms with Crippen LogP contribution >= 0.6 is 12.4 Å². The molecule has 0 N–H and O–H groups in total. The fourth-order valence-electron chi connectivity index (χ4n) is 5.41. The lowest BCUT2D eigenvalue weighted by atomic mass is 9.86. The van der Waals surface area contributed by atoms with Crippen molar-refractivity contribution in [3.63, 3.8) is 0 Å². The molecule has 7 heteroatoms. The molecule has 6 nitrogen and oxygen atoms in total. The Kier molecular flexibility index (Phi) is 11.4. The summed E-state index contributed by atoms with van der Waals surface area (Å²) in [5, 5.41) is 0. The maximum Gasteiger partial charge on any atom is 0.311 e. The lowest BCUT2D eigenvalue weighted by Crippen LogP contribution is -2.37. The smallest absolute Gasteiger partial charge is 0.311 e. The number of carbonyl (C=O) groups is 1. The maximum atomic E-state index is 13.0. The molecule has 0 aliphatic carbocycles. The van der Waals surface area contributed by atoms with Crippen LogP contribution in [0.15, 0.2) is 30.6 Å². The van der Waals surface area contributed by atoms with Gasteiger partial charge in [-0.25, -0.2) is 0 Å². The molecular formula is C31H45ClN2O4. The Morgan fingerprint density at radius 2 is 1.95 bits per heavy atom. The zero-order valence-corrected chi connectivity index (χ0v) is 24.4. The Bertz CT molecular complexity index is 1050. The number of fused-ring (bicyclic) bond motifs is 3. The fraction of sp³-hybridized carbons (Fsp3) is 0.613. The van der Waals surface area contributed by atoms with Crippen molar-refractivity contribution in [2.24, 2.45) is 5.92 Å². The summed E-state index contributed by atoms with van der Waals surface area (Å²) in [5.41, 5.74) is 3.53. The van der Waals surface area contributed by atoms with E-state index in [1.54, 1.807) is 6.20 Å².